The lowest BCUT2D eigenvalue weighted by Gasteiger charge is -2.21. The maximum atomic E-state index is 12.6. The number of thiazole rings is 1. The highest BCUT2D eigenvalue weighted by molar-refractivity contribution is 7.17. The first-order valence-corrected chi connectivity index (χ1v) is 9.41. The van der Waals surface area contributed by atoms with Crippen molar-refractivity contribution in [3.63, 3.8) is 0 Å². The highest BCUT2D eigenvalue weighted by atomic mass is 35.5. The van der Waals surface area contributed by atoms with E-state index in [1.54, 1.807) is 13.8 Å². The van der Waals surface area contributed by atoms with Gasteiger partial charge in [0.25, 0.3) is 5.91 Å². The van der Waals surface area contributed by atoms with Gasteiger partial charge in [-0.3, -0.25) is 9.59 Å². The predicted molar refractivity (Wildman–Crippen MR) is 105 cm³/mol. The van der Waals surface area contributed by atoms with Crippen LogP contribution in [-0.2, 0) is 9.53 Å². The molecule has 2 aromatic rings. The van der Waals surface area contributed by atoms with Gasteiger partial charge in [0, 0.05) is 5.02 Å². The predicted octanol–water partition coefficient (Wildman–Crippen LogP) is 3.63. The normalized spacial score (nSPS) is 11.8. The third-order valence-corrected chi connectivity index (χ3v) is 4.97. The molecule has 0 fully saturated rings. The fraction of sp³-hybridized carbons (Fsp3) is 0.294. The number of nitrogens with one attached hydrogen (secondary N) is 2. The van der Waals surface area contributed by atoms with Crippen molar-refractivity contribution in [1.82, 2.24) is 10.3 Å². The number of benzene rings is 1. The molecule has 0 bridgehead atoms. The van der Waals surface area contributed by atoms with Crippen molar-refractivity contribution in [3.8, 4) is 0 Å². The van der Waals surface area contributed by atoms with Crippen molar-refractivity contribution < 1.29 is 19.1 Å². The number of esters is 1. The summed E-state index contributed by atoms with van der Waals surface area (Å²) in [6.45, 7) is 3.57. The molecular weight excluding hydrogens is 413 g/mol. The number of hydrogen-bond donors (Lipinski definition) is 2. The van der Waals surface area contributed by atoms with E-state index < -0.39 is 23.8 Å². The molecule has 144 valence electrons. The van der Waals surface area contributed by atoms with Gasteiger partial charge in [-0.15, -0.1) is 0 Å². The smallest absolute Gasteiger partial charge is 0.349 e. The van der Waals surface area contributed by atoms with E-state index >= 15 is 0 Å². The van der Waals surface area contributed by atoms with Gasteiger partial charge in [-0.25, -0.2) is 9.78 Å². The Morgan fingerprint density at radius 2 is 1.93 bits per heavy atom. The number of ether oxygens (including phenoxy) is 1. The lowest BCUT2D eigenvalue weighted by atomic mass is 10.0. The first-order chi connectivity index (χ1) is 12.7. The van der Waals surface area contributed by atoms with Gasteiger partial charge in [0.15, 0.2) is 5.13 Å². The molecule has 0 aliphatic heterocycles. The number of halogens is 2. The maximum Gasteiger partial charge on any atom is 0.349 e. The summed E-state index contributed by atoms with van der Waals surface area (Å²) >= 11 is 12.9. The summed E-state index contributed by atoms with van der Waals surface area (Å²) in [5.74, 6) is -1.71. The molecule has 7 nitrogen and oxygen atoms in total. The van der Waals surface area contributed by atoms with Gasteiger partial charge in [0.1, 0.15) is 10.9 Å². The summed E-state index contributed by atoms with van der Waals surface area (Å²) in [6, 6.07) is 3.64. The SMILES string of the molecule is COC(=O)c1cnc(NC(=O)[C@@H](NC(=O)c2ccc(Cl)cc2Cl)C(C)C)s1. The first kappa shape index (κ1) is 21.1. The van der Waals surface area contributed by atoms with E-state index in [2.05, 4.69) is 20.4 Å². The van der Waals surface area contributed by atoms with Crippen LogP contribution >= 0.6 is 34.5 Å². The highest BCUT2D eigenvalue weighted by Gasteiger charge is 2.26. The van der Waals surface area contributed by atoms with E-state index in [-0.39, 0.29) is 26.5 Å². The van der Waals surface area contributed by atoms with Crippen molar-refractivity contribution >= 4 is 57.5 Å². The molecule has 2 amide bonds. The van der Waals surface area contributed by atoms with E-state index in [9.17, 15) is 14.4 Å². The number of carbonyl (C=O) groups excluding carboxylic acids is 3. The lowest BCUT2D eigenvalue weighted by molar-refractivity contribution is -0.118. The Morgan fingerprint density at radius 3 is 2.52 bits per heavy atom. The maximum absolute atomic E-state index is 12.6. The van der Waals surface area contributed by atoms with Crippen molar-refractivity contribution in [2.75, 3.05) is 12.4 Å². The van der Waals surface area contributed by atoms with Gasteiger partial charge in [-0.05, 0) is 24.1 Å². The average Bonchev–Trinajstić information content (AvgIpc) is 3.06. The van der Waals surface area contributed by atoms with Crippen LogP contribution in [0.2, 0.25) is 10.0 Å². The van der Waals surface area contributed by atoms with Crippen molar-refractivity contribution in [2.45, 2.75) is 19.9 Å². The molecule has 1 atom stereocenters. The van der Waals surface area contributed by atoms with Gasteiger partial charge in [-0.2, -0.15) is 0 Å². The van der Waals surface area contributed by atoms with E-state index in [0.29, 0.717) is 5.02 Å². The monoisotopic (exact) mass is 429 g/mol. The van der Waals surface area contributed by atoms with Crippen LogP contribution in [0.15, 0.2) is 24.4 Å². The zero-order valence-corrected chi connectivity index (χ0v) is 17.0. The topological polar surface area (TPSA) is 97.4 Å². The summed E-state index contributed by atoms with van der Waals surface area (Å²) in [4.78, 5) is 40.8. The Bertz CT molecular complexity index is 870. The number of amides is 2. The quantitative estimate of drug-likeness (QED) is 0.683. The summed E-state index contributed by atoms with van der Waals surface area (Å²) in [5, 5.41) is 6.07. The number of carbonyl (C=O) groups is 3. The number of aromatic nitrogens is 1. The third kappa shape index (κ3) is 5.41. The minimum Gasteiger partial charge on any atom is -0.465 e. The largest absolute Gasteiger partial charge is 0.465 e. The van der Waals surface area contributed by atoms with Crippen molar-refractivity contribution in [3.05, 3.63) is 44.9 Å². The molecule has 1 heterocycles. The molecule has 0 saturated carbocycles. The van der Waals surface area contributed by atoms with Gasteiger partial charge < -0.3 is 15.4 Å². The van der Waals surface area contributed by atoms with Crippen LogP contribution in [0.1, 0.15) is 33.9 Å². The molecule has 10 heteroatoms. The van der Waals surface area contributed by atoms with Crippen LogP contribution in [0, 0.1) is 5.92 Å². The number of anilines is 1. The van der Waals surface area contributed by atoms with E-state index in [1.165, 1.54) is 31.5 Å². The molecule has 2 rings (SSSR count). The minimum absolute atomic E-state index is 0.186. The molecule has 0 saturated heterocycles. The fourth-order valence-corrected chi connectivity index (χ4v) is 3.37. The number of rotatable bonds is 6. The number of hydrogen-bond acceptors (Lipinski definition) is 6. The van der Waals surface area contributed by atoms with Gasteiger partial charge in [0.05, 0.1) is 23.9 Å². The molecule has 27 heavy (non-hydrogen) atoms. The van der Waals surface area contributed by atoms with Crippen molar-refractivity contribution in [2.24, 2.45) is 5.92 Å². The molecule has 2 N–H and O–H groups in total. The van der Waals surface area contributed by atoms with Crippen LogP contribution < -0.4 is 10.6 Å². The second-order valence-corrected chi connectivity index (χ2v) is 7.70. The number of methoxy groups -OCH3 is 1. The molecule has 0 aliphatic rings. The molecule has 0 spiro atoms. The van der Waals surface area contributed by atoms with Gasteiger partial charge in [-0.1, -0.05) is 48.4 Å². The second-order valence-electron chi connectivity index (χ2n) is 5.83. The molecular formula is C17H17Cl2N3O4S. The summed E-state index contributed by atoms with van der Waals surface area (Å²) < 4.78 is 4.60. The molecule has 0 radical (unpaired) electrons. The molecule has 0 aliphatic carbocycles. The third-order valence-electron chi connectivity index (χ3n) is 3.53. The van der Waals surface area contributed by atoms with Crippen molar-refractivity contribution in [1.29, 1.82) is 0 Å². The van der Waals surface area contributed by atoms with Gasteiger partial charge in [0.2, 0.25) is 5.91 Å². The zero-order valence-electron chi connectivity index (χ0n) is 14.7. The summed E-state index contributed by atoms with van der Waals surface area (Å²) in [7, 11) is 1.26. The Balaban J connectivity index is 2.11. The Hall–Kier alpha value is -2.16. The average molecular weight is 430 g/mol. The highest BCUT2D eigenvalue weighted by Crippen LogP contribution is 2.22. The van der Waals surface area contributed by atoms with Crippen LogP contribution in [0.5, 0.6) is 0 Å². The van der Waals surface area contributed by atoms with Crippen LogP contribution in [0.4, 0.5) is 5.13 Å². The van der Waals surface area contributed by atoms with E-state index in [4.69, 9.17) is 23.2 Å². The van der Waals surface area contributed by atoms with Crippen LogP contribution in [0.3, 0.4) is 0 Å². The minimum atomic E-state index is -0.838. The van der Waals surface area contributed by atoms with E-state index in [0.717, 1.165) is 11.3 Å². The lowest BCUT2D eigenvalue weighted by Crippen LogP contribution is -2.47. The Kier molecular flexibility index (Phi) is 7.18. The fourth-order valence-electron chi connectivity index (χ4n) is 2.14. The molecule has 1 aromatic carbocycles. The second kappa shape index (κ2) is 9.16. The zero-order chi connectivity index (χ0) is 20.1. The van der Waals surface area contributed by atoms with Gasteiger partial charge >= 0.3 is 5.97 Å². The van der Waals surface area contributed by atoms with Crippen LogP contribution in [-0.4, -0.2) is 35.9 Å². The molecule has 1 aromatic heterocycles. The first-order valence-electron chi connectivity index (χ1n) is 7.83. The standard InChI is InChI=1S/C17H17Cl2N3O4S/c1-8(2)13(21-14(23)10-5-4-9(18)6-11(10)19)15(24)22-17-20-7-12(27-17)16(25)26-3/h4-8,13H,1-3H3,(H,21,23)(H,20,22,24)/t13-/m0/s1. The Labute approximate surface area is 170 Å². The number of nitrogens with zero attached hydrogens (tertiary/aromatic N) is 1. The van der Waals surface area contributed by atoms with Crippen LogP contribution in [0.25, 0.3) is 0 Å². The summed E-state index contributed by atoms with van der Waals surface area (Å²) in [6.07, 6.45) is 1.31. The molecule has 0 unspecified atom stereocenters. The summed E-state index contributed by atoms with van der Waals surface area (Å²) in [5.41, 5.74) is 0.210. The Morgan fingerprint density at radius 1 is 1.22 bits per heavy atom. The van der Waals surface area contributed by atoms with E-state index in [1.807, 2.05) is 0 Å².